The minimum atomic E-state index is 0.132. The van der Waals surface area contributed by atoms with Gasteiger partial charge >= 0.3 is 0 Å². The van der Waals surface area contributed by atoms with Crippen LogP contribution in [0.2, 0.25) is 0 Å². The number of carbonyl (C=O) groups excluding carboxylic acids is 1. The van der Waals surface area contributed by atoms with Crippen molar-refractivity contribution in [3.8, 4) is 11.3 Å². The molecule has 1 amide bonds. The van der Waals surface area contributed by atoms with Crippen molar-refractivity contribution >= 4 is 17.2 Å². The molecule has 0 unspecified atom stereocenters. The van der Waals surface area contributed by atoms with Crippen LogP contribution in [0.15, 0.2) is 48.8 Å². The summed E-state index contributed by atoms with van der Waals surface area (Å²) in [6.45, 7) is 2.07. The van der Waals surface area contributed by atoms with Crippen LogP contribution < -0.4 is 5.32 Å². The molecule has 4 heteroatoms. The summed E-state index contributed by atoms with van der Waals surface area (Å²) < 4.78 is 2.05. The highest BCUT2D eigenvalue weighted by Crippen LogP contribution is 2.27. The standard InChI is InChI=1S/C22H25N3O/c1-16-6-5-13-25-15-20(24-22(16)25)18-9-11-19(12-10-18)23-21(26)14-17-7-3-2-4-8-17/h5-6,9-13,15,17H,2-4,7-8,14H2,1H3,(H,23,26). The summed E-state index contributed by atoms with van der Waals surface area (Å²) in [5.41, 5.74) is 4.99. The number of pyridine rings is 1. The van der Waals surface area contributed by atoms with Gasteiger partial charge in [0.15, 0.2) is 0 Å². The van der Waals surface area contributed by atoms with E-state index in [-0.39, 0.29) is 5.91 Å². The number of amides is 1. The number of imidazole rings is 1. The van der Waals surface area contributed by atoms with E-state index in [2.05, 4.69) is 18.3 Å². The molecule has 0 bridgehead atoms. The highest BCUT2D eigenvalue weighted by molar-refractivity contribution is 5.91. The smallest absolute Gasteiger partial charge is 0.224 e. The molecule has 1 saturated carbocycles. The van der Waals surface area contributed by atoms with Gasteiger partial charge in [0.25, 0.3) is 0 Å². The number of hydrogen-bond acceptors (Lipinski definition) is 2. The van der Waals surface area contributed by atoms with Crippen molar-refractivity contribution in [3.05, 3.63) is 54.4 Å². The Kier molecular flexibility index (Phi) is 4.74. The third-order valence-corrected chi connectivity index (χ3v) is 5.34. The zero-order chi connectivity index (χ0) is 17.9. The van der Waals surface area contributed by atoms with Gasteiger partial charge in [0, 0.05) is 30.1 Å². The first-order valence-corrected chi connectivity index (χ1v) is 9.54. The maximum Gasteiger partial charge on any atom is 0.224 e. The van der Waals surface area contributed by atoms with Crippen LogP contribution in [0.25, 0.3) is 16.9 Å². The molecule has 0 aliphatic heterocycles. The largest absolute Gasteiger partial charge is 0.326 e. The normalized spacial score (nSPS) is 15.3. The van der Waals surface area contributed by atoms with Gasteiger partial charge in [-0.3, -0.25) is 4.79 Å². The third-order valence-electron chi connectivity index (χ3n) is 5.34. The molecule has 1 fully saturated rings. The first-order valence-electron chi connectivity index (χ1n) is 9.54. The SMILES string of the molecule is Cc1cccn2cc(-c3ccc(NC(=O)CC4CCCCC4)cc3)nc12. The number of aryl methyl sites for hydroxylation is 1. The molecular weight excluding hydrogens is 322 g/mol. The lowest BCUT2D eigenvalue weighted by atomic mass is 9.87. The molecule has 4 nitrogen and oxygen atoms in total. The number of anilines is 1. The summed E-state index contributed by atoms with van der Waals surface area (Å²) in [6, 6.07) is 12.1. The second-order valence-electron chi connectivity index (χ2n) is 7.38. The molecule has 26 heavy (non-hydrogen) atoms. The van der Waals surface area contributed by atoms with Gasteiger partial charge in [-0.05, 0) is 49.4 Å². The topological polar surface area (TPSA) is 46.4 Å². The van der Waals surface area contributed by atoms with Crippen LogP contribution >= 0.6 is 0 Å². The van der Waals surface area contributed by atoms with Gasteiger partial charge in [-0.1, -0.05) is 37.5 Å². The first-order chi connectivity index (χ1) is 12.7. The van der Waals surface area contributed by atoms with Crippen LogP contribution in [0.5, 0.6) is 0 Å². The van der Waals surface area contributed by atoms with Crippen LogP contribution in [0.3, 0.4) is 0 Å². The van der Waals surface area contributed by atoms with Crippen molar-refractivity contribution < 1.29 is 4.79 Å². The Morgan fingerprint density at radius 3 is 2.65 bits per heavy atom. The second kappa shape index (κ2) is 7.32. The molecule has 2 heterocycles. The number of benzene rings is 1. The predicted octanol–water partition coefficient (Wildman–Crippen LogP) is 5.22. The molecule has 3 aromatic rings. The number of rotatable bonds is 4. The van der Waals surface area contributed by atoms with E-state index >= 15 is 0 Å². The fourth-order valence-corrected chi connectivity index (χ4v) is 3.88. The third kappa shape index (κ3) is 3.64. The Bertz CT molecular complexity index is 905. The van der Waals surface area contributed by atoms with Crippen molar-refractivity contribution in [2.24, 2.45) is 5.92 Å². The van der Waals surface area contributed by atoms with Gasteiger partial charge in [-0.15, -0.1) is 0 Å². The van der Waals surface area contributed by atoms with Gasteiger partial charge < -0.3 is 9.72 Å². The molecule has 0 spiro atoms. The van der Waals surface area contributed by atoms with E-state index in [1.165, 1.54) is 32.1 Å². The molecule has 1 N–H and O–H groups in total. The predicted molar refractivity (Wildman–Crippen MR) is 105 cm³/mol. The van der Waals surface area contributed by atoms with E-state index in [4.69, 9.17) is 4.98 Å². The Balaban J connectivity index is 1.44. The number of aromatic nitrogens is 2. The quantitative estimate of drug-likeness (QED) is 0.703. The zero-order valence-corrected chi connectivity index (χ0v) is 15.2. The summed E-state index contributed by atoms with van der Waals surface area (Å²) in [6.07, 6.45) is 10.9. The Morgan fingerprint density at radius 1 is 1.15 bits per heavy atom. The molecule has 1 aromatic carbocycles. The monoisotopic (exact) mass is 347 g/mol. The van der Waals surface area contributed by atoms with Crippen LogP contribution in [0, 0.1) is 12.8 Å². The number of fused-ring (bicyclic) bond motifs is 1. The lowest BCUT2D eigenvalue weighted by Crippen LogP contribution is -2.18. The van der Waals surface area contributed by atoms with E-state index in [1.807, 2.05) is 47.1 Å². The lowest BCUT2D eigenvalue weighted by molar-refractivity contribution is -0.117. The molecule has 134 valence electrons. The summed E-state index contributed by atoms with van der Waals surface area (Å²) in [7, 11) is 0. The maximum absolute atomic E-state index is 12.3. The van der Waals surface area contributed by atoms with E-state index in [0.29, 0.717) is 12.3 Å². The molecule has 0 saturated heterocycles. The van der Waals surface area contributed by atoms with Crippen molar-refractivity contribution in [2.75, 3.05) is 5.32 Å². The number of nitrogens with one attached hydrogen (secondary N) is 1. The van der Waals surface area contributed by atoms with Gasteiger partial charge in [-0.2, -0.15) is 0 Å². The van der Waals surface area contributed by atoms with E-state index in [9.17, 15) is 4.79 Å². The van der Waals surface area contributed by atoms with Crippen LogP contribution in [-0.2, 0) is 4.79 Å². The van der Waals surface area contributed by atoms with Crippen molar-refractivity contribution in [3.63, 3.8) is 0 Å². The van der Waals surface area contributed by atoms with E-state index < -0.39 is 0 Å². The number of hydrogen-bond donors (Lipinski definition) is 1. The van der Waals surface area contributed by atoms with Crippen LogP contribution in [0.4, 0.5) is 5.69 Å². The molecule has 1 aliphatic rings. The Morgan fingerprint density at radius 2 is 1.92 bits per heavy atom. The number of nitrogens with zero attached hydrogens (tertiary/aromatic N) is 2. The summed E-state index contributed by atoms with van der Waals surface area (Å²) >= 11 is 0. The van der Waals surface area contributed by atoms with Crippen LogP contribution in [0.1, 0.15) is 44.1 Å². The molecule has 0 radical (unpaired) electrons. The lowest BCUT2D eigenvalue weighted by Gasteiger charge is -2.20. The molecule has 4 rings (SSSR count). The first kappa shape index (κ1) is 16.8. The van der Waals surface area contributed by atoms with Crippen molar-refractivity contribution in [1.82, 2.24) is 9.38 Å². The Hall–Kier alpha value is -2.62. The minimum absolute atomic E-state index is 0.132. The highest BCUT2D eigenvalue weighted by atomic mass is 16.1. The minimum Gasteiger partial charge on any atom is -0.326 e. The average molecular weight is 347 g/mol. The second-order valence-corrected chi connectivity index (χ2v) is 7.38. The van der Waals surface area contributed by atoms with Crippen LogP contribution in [-0.4, -0.2) is 15.3 Å². The fraction of sp³-hybridized carbons (Fsp3) is 0.364. The van der Waals surface area contributed by atoms with E-state index in [1.54, 1.807) is 0 Å². The molecular formula is C22H25N3O. The van der Waals surface area contributed by atoms with Gasteiger partial charge in [0.2, 0.25) is 5.91 Å². The molecule has 1 aliphatic carbocycles. The maximum atomic E-state index is 12.3. The van der Waals surface area contributed by atoms with Crippen molar-refractivity contribution in [1.29, 1.82) is 0 Å². The van der Waals surface area contributed by atoms with Gasteiger partial charge in [0.1, 0.15) is 5.65 Å². The molecule has 2 aromatic heterocycles. The fourth-order valence-electron chi connectivity index (χ4n) is 3.88. The summed E-state index contributed by atoms with van der Waals surface area (Å²) in [4.78, 5) is 17.0. The number of carbonyl (C=O) groups is 1. The summed E-state index contributed by atoms with van der Waals surface area (Å²) in [5, 5.41) is 3.04. The average Bonchev–Trinajstić information content (AvgIpc) is 3.09. The highest BCUT2D eigenvalue weighted by Gasteiger charge is 2.17. The van der Waals surface area contributed by atoms with Gasteiger partial charge in [-0.25, -0.2) is 4.98 Å². The Labute approximate surface area is 154 Å². The van der Waals surface area contributed by atoms with Gasteiger partial charge in [0.05, 0.1) is 5.69 Å². The summed E-state index contributed by atoms with van der Waals surface area (Å²) in [5.74, 6) is 0.692. The van der Waals surface area contributed by atoms with Crippen molar-refractivity contribution in [2.45, 2.75) is 45.4 Å². The molecule has 0 atom stereocenters. The van der Waals surface area contributed by atoms with E-state index in [0.717, 1.165) is 28.2 Å². The zero-order valence-electron chi connectivity index (χ0n) is 15.2.